The van der Waals surface area contributed by atoms with E-state index in [0.717, 1.165) is 43.6 Å². The summed E-state index contributed by atoms with van der Waals surface area (Å²) in [5.74, 6) is -0.0632. The number of hydrogen-bond donors (Lipinski definition) is 1. The van der Waals surface area contributed by atoms with E-state index in [1.54, 1.807) is 29.2 Å². The van der Waals surface area contributed by atoms with Gasteiger partial charge < -0.3 is 9.88 Å². The Bertz CT molecular complexity index is 1010. The molecule has 4 heterocycles. The molecule has 0 spiro atoms. The first-order valence-electron chi connectivity index (χ1n) is 9.13. The fourth-order valence-electron chi connectivity index (χ4n) is 3.33. The number of amides is 1. The molecule has 0 aromatic carbocycles. The average Bonchev–Trinajstić information content (AvgIpc) is 3.14. The van der Waals surface area contributed by atoms with Crippen molar-refractivity contribution >= 4 is 5.91 Å². The van der Waals surface area contributed by atoms with Crippen LogP contribution in [0.4, 0.5) is 0 Å². The van der Waals surface area contributed by atoms with Gasteiger partial charge in [0.15, 0.2) is 5.69 Å². The highest BCUT2D eigenvalue weighted by Gasteiger charge is 2.23. The highest BCUT2D eigenvalue weighted by atomic mass is 16.2. The number of aromatic amines is 1. The molecule has 0 bridgehead atoms. The standard InChI is InChI=1S/C20H21N5O2/c1-14-7-8-21-16(11-14)18-12-17(20(27)24-9-3-2-4-10-24)23-25(18)15-5-6-19(26)22-13-15/h5-8,11-13H,2-4,9-10H2,1H3,(H,22,26). The third kappa shape index (κ3) is 3.53. The zero-order valence-electron chi connectivity index (χ0n) is 15.2. The molecule has 4 rings (SSSR count). The molecule has 1 aliphatic rings. The maximum atomic E-state index is 12.9. The van der Waals surface area contributed by atoms with E-state index in [0.29, 0.717) is 17.1 Å². The highest BCUT2D eigenvalue weighted by Crippen LogP contribution is 2.24. The van der Waals surface area contributed by atoms with Gasteiger partial charge in [0.1, 0.15) is 0 Å². The summed E-state index contributed by atoms with van der Waals surface area (Å²) in [6, 6.07) is 8.78. The molecule has 0 radical (unpaired) electrons. The van der Waals surface area contributed by atoms with Gasteiger partial charge in [0.25, 0.3) is 5.91 Å². The normalized spacial score (nSPS) is 14.3. The second-order valence-electron chi connectivity index (χ2n) is 6.81. The largest absolute Gasteiger partial charge is 0.337 e. The first-order chi connectivity index (χ1) is 13.1. The van der Waals surface area contributed by atoms with Crippen molar-refractivity contribution in [2.75, 3.05) is 13.1 Å². The van der Waals surface area contributed by atoms with E-state index in [1.165, 1.54) is 6.07 Å². The Morgan fingerprint density at radius 1 is 1.11 bits per heavy atom. The van der Waals surface area contributed by atoms with E-state index in [-0.39, 0.29) is 11.5 Å². The van der Waals surface area contributed by atoms with E-state index in [1.807, 2.05) is 24.0 Å². The minimum Gasteiger partial charge on any atom is -0.337 e. The lowest BCUT2D eigenvalue weighted by Crippen LogP contribution is -2.35. The Morgan fingerprint density at radius 2 is 1.93 bits per heavy atom. The molecule has 1 amide bonds. The lowest BCUT2D eigenvalue weighted by Gasteiger charge is -2.25. The number of hydrogen-bond acceptors (Lipinski definition) is 4. The van der Waals surface area contributed by atoms with Crippen molar-refractivity contribution in [3.05, 3.63) is 64.3 Å². The molecular formula is C20H21N5O2. The fourth-order valence-corrected chi connectivity index (χ4v) is 3.33. The van der Waals surface area contributed by atoms with E-state index in [9.17, 15) is 9.59 Å². The predicted molar refractivity (Wildman–Crippen MR) is 102 cm³/mol. The van der Waals surface area contributed by atoms with Gasteiger partial charge in [-0.25, -0.2) is 4.68 Å². The molecule has 1 saturated heterocycles. The highest BCUT2D eigenvalue weighted by molar-refractivity contribution is 5.93. The summed E-state index contributed by atoms with van der Waals surface area (Å²) < 4.78 is 1.66. The number of H-pyrrole nitrogens is 1. The molecule has 0 unspecified atom stereocenters. The van der Waals surface area contributed by atoms with Gasteiger partial charge in [-0.05, 0) is 56.0 Å². The van der Waals surface area contributed by atoms with Crippen LogP contribution in [0.25, 0.3) is 17.1 Å². The Kier molecular flexibility index (Phi) is 4.58. The zero-order chi connectivity index (χ0) is 18.8. The van der Waals surface area contributed by atoms with Crippen LogP contribution in [0.3, 0.4) is 0 Å². The number of pyridine rings is 2. The monoisotopic (exact) mass is 363 g/mol. The summed E-state index contributed by atoms with van der Waals surface area (Å²) in [5.41, 5.74) is 3.38. The fraction of sp³-hybridized carbons (Fsp3) is 0.300. The maximum Gasteiger partial charge on any atom is 0.274 e. The molecule has 0 atom stereocenters. The second-order valence-corrected chi connectivity index (χ2v) is 6.81. The molecule has 3 aromatic rings. The van der Waals surface area contributed by atoms with Crippen molar-refractivity contribution in [1.29, 1.82) is 0 Å². The van der Waals surface area contributed by atoms with Crippen molar-refractivity contribution in [2.24, 2.45) is 0 Å². The van der Waals surface area contributed by atoms with Crippen LogP contribution in [0.1, 0.15) is 35.3 Å². The SMILES string of the molecule is Cc1ccnc(-c2cc(C(=O)N3CCCCC3)nn2-c2ccc(=O)[nH]c2)c1. The predicted octanol–water partition coefficient (Wildman–Crippen LogP) is 2.56. The minimum absolute atomic E-state index is 0.0632. The van der Waals surface area contributed by atoms with Gasteiger partial charge in [0.2, 0.25) is 5.56 Å². The Labute approximate surface area is 156 Å². The smallest absolute Gasteiger partial charge is 0.274 e. The van der Waals surface area contributed by atoms with Crippen LogP contribution in [-0.4, -0.2) is 43.6 Å². The van der Waals surface area contributed by atoms with Gasteiger partial charge in [-0.3, -0.25) is 14.6 Å². The molecule has 27 heavy (non-hydrogen) atoms. The minimum atomic E-state index is -0.189. The Balaban J connectivity index is 1.80. The molecule has 1 fully saturated rings. The molecule has 7 nitrogen and oxygen atoms in total. The van der Waals surface area contributed by atoms with Crippen molar-refractivity contribution in [1.82, 2.24) is 24.6 Å². The Hall–Kier alpha value is -3.22. The number of piperidine rings is 1. The van der Waals surface area contributed by atoms with E-state index >= 15 is 0 Å². The number of likely N-dealkylation sites (tertiary alicyclic amines) is 1. The third-order valence-electron chi connectivity index (χ3n) is 4.76. The number of aromatic nitrogens is 4. The topological polar surface area (TPSA) is 83.9 Å². The molecule has 1 aliphatic heterocycles. The van der Waals surface area contributed by atoms with Gasteiger partial charge in [0.05, 0.1) is 17.1 Å². The zero-order valence-corrected chi connectivity index (χ0v) is 15.2. The molecule has 0 saturated carbocycles. The lowest BCUT2D eigenvalue weighted by molar-refractivity contribution is 0.0718. The summed E-state index contributed by atoms with van der Waals surface area (Å²) in [7, 11) is 0. The molecule has 138 valence electrons. The summed E-state index contributed by atoms with van der Waals surface area (Å²) in [4.78, 5) is 33.3. The first-order valence-corrected chi connectivity index (χ1v) is 9.13. The van der Waals surface area contributed by atoms with E-state index in [2.05, 4.69) is 15.1 Å². The number of nitrogens with one attached hydrogen (secondary N) is 1. The molecule has 3 aromatic heterocycles. The molecular weight excluding hydrogens is 342 g/mol. The lowest BCUT2D eigenvalue weighted by atomic mass is 10.1. The van der Waals surface area contributed by atoms with Crippen LogP contribution in [0.2, 0.25) is 0 Å². The van der Waals surface area contributed by atoms with Gasteiger partial charge in [0, 0.05) is 31.5 Å². The maximum absolute atomic E-state index is 12.9. The van der Waals surface area contributed by atoms with Crippen LogP contribution in [0, 0.1) is 6.92 Å². The van der Waals surface area contributed by atoms with Gasteiger partial charge in [-0.2, -0.15) is 5.10 Å². The quantitative estimate of drug-likeness (QED) is 0.775. The van der Waals surface area contributed by atoms with Crippen molar-refractivity contribution in [3.63, 3.8) is 0 Å². The van der Waals surface area contributed by atoms with Crippen LogP contribution in [0.15, 0.2) is 47.5 Å². The molecule has 7 heteroatoms. The number of nitrogens with zero attached hydrogens (tertiary/aromatic N) is 4. The van der Waals surface area contributed by atoms with Crippen molar-refractivity contribution < 1.29 is 4.79 Å². The second kappa shape index (κ2) is 7.19. The van der Waals surface area contributed by atoms with Crippen LogP contribution < -0.4 is 5.56 Å². The number of aryl methyl sites for hydroxylation is 1. The van der Waals surface area contributed by atoms with E-state index < -0.39 is 0 Å². The number of carbonyl (C=O) groups excluding carboxylic acids is 1. The van der Waals surface area contributed by atoms with Crippen molar-refractivity contribution in [3.8, 4) is 17.1 Å². The van der Waals surface area contributed by atoms with Gasteiger partial charge >= 0.3 is 0 Å². The number of carbonyl (C=O) groups is 1. The van der Waals surface area contributed by atoms with Crippen LogP contribution in [-0.2, 0) is 0 Å². The average molecular weight is 363 g/mol. The Morgan fingerprint density at radius 3 is 2.63 bits per heavy atom. The van der Waals surface area contributed by atoms with Gasteiger partial charge in [-0.1, -0.05) is 0 Å². The first kappa shape index (κ1) is 17.2. The van der Waals surface area contributed by atoms with Gasteiger partial charge in [-0.15, -0.1) is 0 Å². The molecule has 0 aliphatic carbocycles. The summed E-state index contributed by atoms with van der Waals surface area (Å²) in [6.45, 7) is 3.52. The summed E-state index contributed by atoms with van der Waals surface area (Å²) in [5, 5.41) is 4.55. The van der Waals surface area contributed by atoms with E-state index in [4.69, 9.17) is 0 Å². The van der Waals surface area contributed by atoms with Crippen LogP contribution >= 0.6 is 0 Å². The summed E-state index contributed by atoms with van der Waals surface area (Å²) >= 11 is 0. The number of rotatable bonds is 3. The summed E-state index contributed by atoms with van der Waals surface area (Å²) in [6.07, 6.45) is 6.54. The third-order valence-corrected chi connectivity index (χ3v) is 4.76. The van der Waals surface area contributed by atoms with Crippen molar-refractivity contribution in [2.45, 2.75) is 26.2 Å². The molecule has 1 N–H and O–H groups in total. The van der Waals surface area contributed by atoms with Crippen LogP contribution in [0.5, 0.6) is 0 Å².